The second-order valence-corrected chi connectivity index (χ2v) is 11.1. The fraction of sp³-hybridized carbons (Fsp3) is 0.875. The summed E-state index contributed by atoms with van der Waals surface area (Å²) < 4.78 is 0. The van der Waals surface area contributed by atoms with Crippen molar-refractivity contribution in [3.63, 3.8) is 0 Å². The van der Waals surface area contributed by atoms with Crippen molar-refractivity contribution in [3.8, 4) is 0 Å². The Bertz CT molecular complexity index is 742. The second-order valence-electron chi connectivity index (χ2n) is 11.1. The van der Waals surface area contributed by atoms with E-state index in [9.17, 15) is 9.59 Å². The number of rotatable bonds is 2. The Morgan fingerprint density at radius 3 is 2.69 bits per heavy atom. The first-order chi connectivity index (χ1) is 13.8. The summed E-state index contributed by atoms with van der Waals surface area (Å²) in [6, 6.07) is 0. The first-order valence-electron chi connectivity index (χ1n) is 11.8. The van der Waals surface area contributed by atoms with E-state index in [0.29, 0.717) is 35.7 Å². The molecule has 4 aliphatic carbocycles. The summed E-state index contributed by atoms with van der Waals surface area (Å²) in [6.45, 7) is 8.53. The van der Waals surface area contributed by atoms with Crippen molar-refractivity contribution < 1.29 is 14.4 Å². The van der Waals surface area contributed by atoms with Crippen LogP contribution in [0, 0.1) is 40.4 Å². The average Bonchev–Trinajstić information content (AvgIpc) is 3.29. The summed E-state index contributed by atoms with van der Waals surface area (Å²) in [5.41, 5.74) is 0.954. The largest absolute Gasteiger partial charge is 0.391 e. The van der Waals surface area contributed by atoms with E-state index >= 15 is 0 Å². The predicted octanol–water partition coefficient (Wildman–Crippen LogP) is 3.76. The fourth-order valence-electron chi connectivity index (χ4n) is 7.91. The number of Topliss-reactive ketones (excluding diaryl/α,β-unsaturated/α-hetero) is 2. The zero-order valence-electron chi connectivity index (χ0n) is 18.2. The molecule has 0 amide bonds. The summed E-state index contributed by atoms with van der Waals surface area (Å²) in [6.07, 6.45) is 7.72. The van der Waals surface area contributed by atoms with E-state index < -0.39 is 0 Å². The normalized spacial score (nSPS) is 50.9. The highest BCUT2D eigenvalue weighted by molar-refractivity contribution is 5.94. The van der Waals surface area contributed by atoms with Gasteiger partial charge in [-0.25, -0.2) is 0 Å². The third kappa shape index (κ3) is 2.94. The van der Waals surface area contributed by atoms with Gasteiger partial charge in [0.1, 0.15) is 17.7 Å². The van der Waals surface area contributed by atoms with E-state index in [4.69, 9.17) is 4.84 Å². The van der Waals surface area contributed by atoms with Crippen molar-refractivity contribution in [1.29, 1.82) is 0 Å². The third-order valence-corrected chi connectivity index (χ3v) is 9.65. The van der Waals surface area contributed by atoms with Gasteiger partial charge < -0.3 is 10.2 Å². The quantitative estimate of drug-likeness (QED) is 0.717. The lowest BCUT2D eigenvalue weighted by Crippen LogP contribution is -2.56. The Balaban J connectivity index is 1.36. The second kappa shape index (κ2) is 6.90. The molecule has 0 spiro atoms. The fourth-order valence-corrected chi connectivity index (χ4v) is 7.91. The van der Waals surface area contributed by atoms with Crippen LogP contribution in [0.2, 0.25) is 0 Å². The van der Waals surface area contributed by atoms with Crippen LogP contribution in [0.4, 0.5) is 0 Å². The molecule has 5 rings (SSSR count). The van der Waals surface area contributed by atoms with Crippen LogP contribution >= 0.6 is 0 Å². The topological polar surface area (TPSA) is 67.8 Å². The lowest BCUT2D eigenvalue weighted by Gasteiger charge is -2.58. The van der Waals surface area contributed by atoms with Crippen LogP contribution in [0.3, 0.4) is 0 Å². The van der Waals surface area contributed by atoms with Gasteiger partial charge in [-0.2, -0.15) is 0 Å². The summed E-state index contributed by atoms with van der Waals surface area (Å²) >= 11 is 0. The lowest BCUT2D eigenvalue weighted by atomic mass is 9.45. The molecular weight excluding hydrogens is 364 g/mol. The van der Waals surface area contributed by atoms with Gasteiger partial charge in [-0.15, -0.1) is 0 Å². The van der Waals surface area contributed by atoms with Crippen molar-refractivity contribution in [2.75, 3.05) is 13.1 Å². The number of fused-ring (bicyclic) bond motifs is 5. The first-order valence-corrected chi connectivity index (χ1v) is 11.8. The number of hydrogen-bond acceptors (Lipinski definition) is 5. The van der Waals surface area contributed by atoms with Crippen LogP contribution in [0.5, 0.6) is 0 Å². The molecule has 8 atom stereocenters. The Kier molecular flexibility index (Phi) is 4.69. The van der Waals surface area contributed by atoms with Crippen molar-refractivity contribution >= 4 is 17.3 Å². The first kappa shape index (κ1) is 19.7. The van der Waals surface area contributed by atoms with E-state index in [1.54, 1.807) is 0 Å². The molecule has 5 nitrogen and oxygen atoms in total. The van der Waals surface area contributed by atoms with Gasteiger partial charge in [0.2, 0.25) is 0 Å². The maximum Gasteiger partial charge on any atom is 0.141 e. The van der Waals surface area contributed by atoms with Crippen LogP contribution in [0.1, 0.15) is 72.1 Å². The van der Waals surface area contributed by atoms with Crippen molar-refractivity contribution in [1.82, 2.24) is 5.32 Å². The predicted molar refractivity (Wildman–Crippen MR) is 111 cm³/mol. The minimum atomic E-state index is -0.186. The molecule has 160 valence electrons. The molecule has 5 heteroatoms. The number of hydrogen-bond donors (Lipinski definition) is 1. The SMILES string of the molecule is CC1CC2C3CC(=O)C4CC(=NOC5CCNC5)CC[C@]4(C)C3CC[C@]2(C)C1=O. The molecule has 29 heavy (non-hydrogen) atoms. The van der Waals surface area contributed by atoms with Crippen LogP contribution < -0.4 is 5.32 Å². The van der Waals surface area contributed by atoms with Crippen LogP contribution in [0.25, 0.3) is 0 Å². The summed E-state index contributed by atoms with van der Waals surface area (Å²) in [7, 11) is 0. The molecule has 1 aliphatic heterocycles. The minimum Gasteiger partial charge on any atom is -0.391 e. The highest BCUT2D eigenvalue weighted by atomic mass is 16.6. The van der Waals surface area contributed by atoms with Gasteiger partial charge in [0.25, 0.3) is 0 Å². The van der Waals surface area contributed by atoms with Gasteiger partial charge in [0.05, 0.1) is 5.71 Å². The summed E-state index contributed by atoms with van der Waals surface area (Å²) in [5, 5.41) is 7.79. The van der Waals surface area contributed by atoms with Crippen LogP contribution in [0.15, 0.2) is 5.16 Å². The number of carbonyl (C=O) groups excluding carboxylic acids is 2. The standard InChI is InChI=1S/C24H36N2O3/c1-14-10-19-17-12-21(27)20-11-15(26-29-16-6-9-25-13-16)4-7-23(20,2)18(17)5-8-24(19,3)22(14)28/h14,16-20,25H,4-13H2,1-3H3/t14?,16?,17?,18?,19?,20?,23-,24+/m1/s1. The molecular formula is C24H36N2O3. The van der Waals surface area contributed by atoms with Gasteiger partial charge in [0.15, 0.2) is 0 Å². The summed E-state index contributed by atoms with van der Waals surface area (Å²) in [4.78, 5) is 32.0. The minimum absolute atomic E-state index is 0.0597. The van der Waals surface area contributed by atoms with E-state index in [0.717, 1.165) is 63.7 Å². The Labute approximate surface area is 174 Å². The third-order valence-electron chi connectivity index (χ3n) is 9.65. The zero-order valence-corrected chi connectivity index (χ0v) is 18.2. The van der Waals surface area contributed by atoms with Crippen molar-refractivity contribution in [2.45, 2.75) is 78.2 Å². The average molecular weight is 401 g/mol. The Morgan fingerprint density at radius 2 is 1.93 bits per heavy atom. The number of oxime groups is 1. The van der Waals surface area contributed by atoms with Crippen molar-refractivity contribution in [2.24, 2.45) is 45.6 Å². The maximum absolute atomic E-state index is 13.4. The zero-order chi connectivity index (χ0) is 20.4. The number of nitrogens with zero attached hydrogens (tertiary/aromatic N) is 1. The Hall–Kier alpha value is -1.23. The molecule has 5 aliphatic rings. The molecule has 6 unspecified atom stereocenters. The van der Waals surface area contributed by atoms with Gasteiger partial charge >= 0.3 is 0 Å². The monoisotopic (exact) mass is 400 g/mol. The molecule has 0 radical (unpaired) electrons. The van der Waals surface area contributed by atoms with E-state index in [1.807, 2.05) is 0 Å². The molecule has 0 bridgehead atoms. The van der Waals surface area contributed by atoms with Gasteiger partial charge in [-0.3, -0.25) is 9.59 Å². The van der Waals surface area contributed by atoms with E-state index in [2.05, 4.69) is 31.2 Å². The number of nitrogens with one attached hydrogen (secondary N) is 1. The molecule has 5 fully saturated rings. The lowest BCUT2D eigenvalue weighted by molar-refractivity contribution is -0.152. The maximum atomic E-state index is 13.4. The number of carbonyl (C=O) groups is 2. The van der Waals surface area contributed by atoms with E-state index in [1.165, 1.54) is 0 Å². The van der Waals surface area contributed by atoms with E-state index in [-0.39, 0.29) is 28.8 Å². The molecule has 0 aromatic rings. The highest BCUT2D eigenvalue weighted by Crippen LogP contribution is 2.65. The molecule has 0 aromatic carbocycles. The van der Waals surface area contributed by atoms with Gasteiger partial charge in [-0.1, -0.05) is 25.9 Å². The Morgan fingerprint density at radius 1 is 1.10 bits per heavy atom. The molecule has 1 heterocycles. The highest BCUT2D eigenvalue weighted by Gasteiger charge is 2.63. The van der Waals surface area contributed by atoms with Gasteiger partial charge in [-0.05, 0) is 68.2 Å². The summed E-state index contributed by atoms with van der Waals surface area (Å²) in [5.74, 6) is 2.49. The smallest absolute Gasteiger partial charge is 0.141 e. The van der Waals surface area contributed by atoms with Gasteiger partial charge in [0, 0.05) is 36.6 Å². The molecule has 1 saturated heterocycles. The molecule has 4 saturated carbocycles. The molecule has 0 aromatic heterocycles. The molecule has 1 N–H and O–H groups in total. The number of ketones is 2. The van der Waals surface area contributed by atoms with Crippen LogP contribution in [-0.2, 0) is 14.4 Å². The van der Waals surface area contributed by atoms with Crippen LogP contribution in [-0.4, -0.2) is 36.5 Å². The van der Waals surface area contributed by atoms with Crippen molar-refractivity contribution in [3.05, 3.63) is 0 Å².